The highest BCUT2D eigenvalue weighted by Gasteiger charge is 2.17. The minimum absolute atomic E-state index is 0.0890. The number of nitrogens with one attached hydrogen (secondary N) is 2. The number of fused-ring (bicyclic) bond motifs is 1. The van der Waals surface area contributed by atoms with Crippen molar-refractivity contribution in [3.63, 3.8) is 0 Å². The van der Waals surface area contributed by atoms with Gasteiger partial charge in [-0.1, -0.05) is 42.0 Å². The highest BCUT2D eigenvalue weighted by Crippen LogP contribution is 2.33. The van der Waals surface area contributed by atoms with Crippen LogP contribution in [0.3, 0.4) is 0 Å². The minimum atomic E-state index is -0.329. The molecule has 0 saturated carbocycles. The van der Waals surface area contributed by atoms with Crippen molar-refractivity contribution in [3.05, 3.63) is 65.2 Å². The van der Waals surface area contributed by atoms with Gasteiger partial charge in [-0.15, -0.1) is 11.3 Å². The van der Waals surface area contributed by atoms with Crippen LogP contribution in [0.4, 0.5) is 5.00 Å². The molecule has 4 N–H and O–H groups in total. The van der Waals surface area contributed by atoms with Crippen molar-refractivity contribution >= 4 is 38.2 Å². The third-order valence-corrected chi connectivity index (χ3v) is 4.84. The summed E-state index contributed by atoms with van der Waals surface area (Å²) in [7, 11) is 0. The lowest BCUT2D eigenvalue weighted by atomic mass is 10.1. The molecule has 0 radical (unpaired) electrons. The fraction of sp³-hybridized carbons (Fsp3) is 0.158. The van der Waals surface area contributed by atoms with Crippen LogP contribution in [-0.4, -0.2) is 18.4 Å². The first-order chi connectivity index (χ1) is 12.0. The molecule has 0 unspecified atom stereocenters. The summed E-state index contributed by atoms with van der Waals surface area (Å²) in [5.74, 6) is -0.573. The first-order valence-electron chi connectivity index (χ1n) is 7.92. The second-order valence-electron chi connectivity index (χ2n) is 5.79. The number of hydrogen-bond donors (Lipinski definition) is 3. The standard InChI is InChI=1S/C19H19N3O2S/c1-12-7-8-15-14(9-12)17(18(20)25-15)19(24)22-11-16(23)21-10-13-5-3-2-4-6-13/h2-9H,10-11,20H2,1H3,(H,21,23)(H,22,24). The van der Waals surface area contributed by atoms with Crippen molar-refractivity contribution in [1.82, 2.24) is 10.6 Å². The third kappa shape index (κ3) is 3.97. The summed E-state index contributed by atoms with van der Waals surface area (Å²) in [5, 5.41) is 6.71. The van der Waals surface area contributed by atoms with Crippen LogP contribution < -0.4 is 16.4 Å². The van der Waals surface area contributed by atoms with Crippen LogP contribution in [-0.2, 0) is 11.3 Å². The Bertz CT molecular complexity index is 919. The molecule has 2 amide bonds. The molecule has 1 aromatic heterocycles. The molecule has 0 aliphatic heterocycles. The molecule has 25 heavy (non-hydrogen) atoms. The highest BCUT2D eigenvalue weighted by atomic mass is 32.1. The van der Waals surface area contributed by atoms with E-state index in [1.165, 1.54) is 11.3 Å². The van der Waals surface area contributed by atoms with Gasteiger partial charge >= 0.3 is 0 Å². The van der Waals surface area contributed by atoms with E-state index in [2.05, 4.69) is 10.6 Å². The zero-order valence-electron chi connectivity index (χ0n) is 13.8. The molecular weight excluding hydrogens is 334 g/mol. The number of anilines is 1. The first kappa shape index (κ1) is 17.0. The maximum absolute atomic E-state index is 12.5. The zero-order valence-corrected chi connectivity index (χ0v) is 14.7. The maximum atomic E-state index is 12.5. The van der Waals surface area contributed by atoms with Gasteiger partial charge < -0.3 is 16.4 Å². The summed E-state index contributed by atoms with van der Waals surface area (Å²) in [4.78, 5) is 24.4. The Morgan fingerprint density at radius 3 is 2.60 bits per heavy atom. The fourth-order valence-electron chi connectivity index (χ4n) is 2.57. The van der Waals surface area contributed by atoms with Gasteiger partial charge in [0.05, 0.1) is 17.1 Å². The smallest absolute Gasteiger partial charge is 0.255 e. The van der Waals surface area contributed by atoms with Crippen LogP contribution in [0.25, 0.3) is 10.1 Å². The molecule has 0 saturated heterocycles. The van der Waals surface area contributed by atoms with E-state index in [1.54, 1.807) is 0 Å². The molecule has 1 heterocycles. The van der Waals surface area contributed by atoms with Crippen molar-refractivity contribution in [3.8, 4) is 0 Å². The number of rotatable bonds is 5. The van der Waals surface area contributed by atoms with Gasteiger partial charge in [-0.25, -0.2) is 0 Å². The number of nitrogen functional groups attached to an aromatic ring is 1. The van der Waals surface area contributed by atoms with Crippen molar-refractivity contribution in [2.45, 2.75) is 13.5 Å². The van der Waals surface area contributed by atoms with E-state index in [9.17, 15) is 9.59 Å². The van der Waals surface area contributed by atoms with E-state index in [4.69, 9.17) is 5.73 Å². The molecule has 0 atom stereocenters. The van der Waals surface area contributed by atoms with Crippen LogP contribution in [0.2, 0.25) is 0 Å². The second-order valence-corrected chi connectivity index (χ2v) is 6.87. The Morgan fingerprint density at radius 2 is 1.84 bits per heavy atom. The summed E-state index contributed by atoms with van der Waals surface area (Å²) in [5.41, 5.74) is 8.51. The minimum Gasteiger partial charge on any atom is -0.390 e. The topological polar surface area (TPSA) is 84.2 Å². The monoisotopic (exact) mass is 353 g/mol. The quantitative estimate of drug-likeness (QED) is 0.659. The van der Waals surface area contributed by atoms with E-state index in [0.717, 1.165) is 21.2 Å². The van der Waals surface area contributed by atoms with Gasteiger partial charge in [0.25, 0.3) is 5.91 Å². The van der Waals surface area contributed by atoms with E-state index in [0.29, 0.717) is 17.1 Å². The van der Waals surface area contributed by atoms with Crippen molar-refractivity contribution in [2.75, 3.05) is 12.3 Å². The fourth-order valence-corrected chi connectivity index (χ4v) is 3.52. The van der Waals surface area contributed by atoms with Gasteiger partial charge in [0.15, 0.2) is 0 Å². The first-order valence-corrected chi connectivity index (χ1v) is 8.73. The number of nitrogens with two attached hydrogens (primary N) is 1. The lowest BCUT2D eigenvalue weighted by Gasteiger charge is -2.07. The van der Waals surface area contributed by atoms with Gasteiger partial charge in [-0.2, -0.15) is 0 Å². The van der Waals surface area contributed by atoms with Gasteiger partial charge in [-0.3, -0.25) is 9.59 Å². The van der Waals surface area contributed by atoms with Gasteiger partial charge in [0.1, 0.15) is 0 Å². The number of thiophene rings is 1. The maximum Gasteiger partial charge on any atom is 0.255 e. The summed E-state index contributed by atoms with van der Waals surface area (Å²) >= 11 is 1.37. The molecule has 0 fully saturated rings. The molecule has 2 aromatic carbocycles. The Kier molecular flexibility index (Phi) is 5.00. The van der Waals surface area contributed by atoms with Crippen LogP contribution in [0, 0.1) is 6.92 Å². The van der Waals surface area contributed by atoms with E-state index < -0.39 is 0 Å². The Hall–Kier alpha value is -2.86. The van der Waals surface area contributed by atoms with Gasteiger partial charge in [0, 0.05) is 16.6 Å². The predicted octanol–water partition coefficient (Wildman–Crippen LogP) is 2.84. The van der Waals surface area contributed by atoms with Gasteiger partial charge in [-0.05, 0) is 24.6 Å². The van der Waals surface area contributed by atoms with Crippen molar-refractivity contribution in [2.24, 2.45) is 0 Å². The van der Waals surface area contributed by atoms with Gasteiger partial charge in [0.2, 0.25) is 5.91 Å². The van der Waals surface area contributed by atoms with Crippen molar-refractivity contribution in [1.29, 1.82) is 0 Å². The van der Waals surface area contributed by atoms with Crippen LogP contribution >= 0.6 is 11.3 Å². The average molecular weight is 353 g/mol. The average Bonchev–Trinajstić information content (AvgIpc) is 2.94. The summed E-state index contributed by atoms with van der Waals surface area (Å²) in [6, 6.07) is 15.5. The molecule has 3 aromatic rings. The molecule has 6 heteroatoms. The Morgan fingerprint density at radius 1 is 1.08 bits per heavy atom. The summed E-state index contributed by atoms with van der Waals surface area (Å²) < 4.78 is 0.960. The second kappa shape index (κ2) is 7.36. The molecule has 5 nitrogen and oxygen atoms in total. The van der Waals surface area contributed by atoms with Crippen LogP contribution in [0.5, 0.6) is 0 Å². The highest BCUT2D eigenvalue weighted by molar-refractivity contribution is 7.23. The number of amides is 2. The molecule has 128 valence electrons. The normalized spacial score (nSPS) is 10.6. The Balaban J connectivity index is 1.62. The molecule has 3 rings (SSSR count). The van der Waals surface area contributed by atoms with E-state index in [1.807, 2.05) is 55.5 Å². The number of aryl methyl sites for hydroxylation is 1. The molecule has 0 spiro atoms. The lowest BCUT2D eigenvalue weighted by molar-refractivity contribution is -0.120. The Labute approximate surface area is 149 Å². The third-order valence-electron chi connectivity index (χ3n) is 3.84. The van der Waals surface area contributed by atoms with Crippen molar-refractivity contribution < 1.29 is 9.59 Å². The molecule has 0 bridgehead atoms. The lowest BCUT2D eigenvalue weighted by Crippen LogP contribution is -2.36. The zero-order chi connectivity index (χ0) is 17.8. The number of benzene rings is 2. The van der Waals surface area contributed by atoms with Crippen LogP contribution in [0.15, 0.2) is 48.5 Å². The number of hydrogen-bond acceptors (Lipinski definition) is 4. The molecule has 0 aliphatic carbocycles. The van der Waals surface area contributed by atoms with E-state index in [-0.39, 0.29) is 18.4 Å². The summed E-state index contributed by atoms with van der Waals surface area (Å²) in [6.07, 6.45) is 0. The number of carbonyl (C=O) groups excluding carboxylic acids is 2. The molecule has 0 aliphatic rings. The van der Waals surface area contributed by atoms with E-state index >= 15 is 0 Å². The predicted molar refractivity (Wildman–Crippen MR) is 102 cm³/mol. The SMILES string of the molecule is Cc1ccc2sc(N)c(C(=O)NCC(=O)NCc3ccccc3)c2c1. The number of carbonyl (C=O) groups is 2. The largest absolute Gasteiger partial charge is 0.390 e. The van der Waals surface area contributed by atoms with Crippen LogP contribution in [0.1, 0.15) is 21.5 Å². The molecular formula is C19H19N3O2S. The summed E-state index contributed by atoms with van der Waals surface area (Å²) in [6.45, 7) is 2.30.